The van der Waals surface area contributed by atoms with Crippen LogP contribution in [0, 0.1) is 11.6 Å². The summed E-state index contributed by atoms with van der Waals surface area (Å²) in [5, 5.41) is 11.6. The molecule has 6 heteroatoms. The van der Waals surface area contributed by atoms with E-state index in [0.717, 1.165) is 6.07 Å². The van der Waals surface area contributed by atoms with Crippen LogP contribution in [0.1, 0.15) is 5.56 Å². The third kappa shape index (κ3) is 4.77. The van der Waals surface area contributed by atoms with Gasteiger partial charge in [0.1, 0.15) is 17.7 Å². The second-order valence-electron chi connectivity index (χ2n) is 3.83. The van der Waals surface area contributed by atoms with Gasteiger partial charge in [0.05, 0.1) is 6.61 Å². The lowest BCUT2D eigenvalue weighted by Gasteiger charge is -2.13. The number of rotatable bonds is 7. The summed E-state index contributed by atoms with van der Waals surface area (Å²) in [7, 11) is 1.40. The summed E-state index contributed by atoms with van der Waals surface area (Å²) in [4.78, 5) is 10.8. The van der Waals surface area contributed by atoms with E-state index in [1.54, 1.807) is 0 Å². The maximum atomic E-state index is 12.9. The van der Waals surface area contributed by atoms with Gasteiger partial charge in [0.2, 0.25) is 0 Å². The summed E-state index contributed by atoms with van der Waals surface area (Å²) in [5.41, 5.74) is 0.474. The zero-order valence-corrected chi connectivity index (χ0v) is 9.95. The number of halogens is 2. The van der Waals surface area contributed by atoms with Gasteiger partial charge in [-0.2, -0.15) is 0 Å². The quantitative estimate of drug-likeness (QED) is 0.772. The van der Waals surface area contributed by atoms with Gasteiger partial charge >= 0.3 is 5.97 Å². The first-order valence-electron chi connectivity index (χ1n) is 5.43. The molecule has 0 radical (unpaired) electrons. The second kappa shape index (κ2) is 7.03. The van der Waals surface area contributed by atoms with Crippen LogP contribution < -0.4 is 5.32 Å². The van der Waals surface area contributed by atoms with Crippen molar-refractivity contribution in [3.8, 4) is 0 Å². The maximum Gasteiger partial charge on any atom is 0.323 e. The van der Waals surface area contributed by atoms with Crippen molar-refractivity contribution in [1.29, 1.82) is 0 Å². The standard InChI is InChI=1S/C12H15F2NO3/c1-18-7-11(12(16)17)15-3-2-8-4-9(13)6-10(14)5-8/h4-6,11,15H,2-3,7H2,1H3,(H,16,17). The van der Waals surface area contributed by atoms with E-state index in [4.69, 9.17) is 9.84 Å². The predicted molar refractivity (Wildman–Crippen MR) is 61.4 cm³/mol. The van der Waals surface area contributed by atoms with Gasteiger partial charge in [0.25, 0.3) is 0 Å². The minimum absolute atomic E-state index is 0.0346. The molecule has 1 unspecified atom stereocenters. The first-order chi connectivity index (χ1) is 8.52. The van der Waals surface area contributed by atoms with E-state index in [1.165, 1.54) is 19.2 Å². The average Bonchev–Trinajstić information content (AvgIpc) is 2.26. The molecule has 4 nitrogen and oxygen atoms in total. The lowest BCUT2D eigenvalue weighted by molar-refractivity contribution is -0.140. The molecule has 0 amide bonds. The van der Waals surface area contributed by atoms with Crippen molar-refractivity contribution in [2.24, 2.45) is 0 Å². The van der Waals surface area contributed by atoms with Crippen molar-refractivity contribution in [3.05, 3.63) is 35.4 Å². The highest BCUT2D eigenvalue weighted by atomic mass is 19.1. The number of nitrogens with one attached hydrogen (secondary N) is 1. The Morgan fingerprint density at radius 2 is 2.00 bits per heavy atom. The Labute approximate surface area is 104 Å². The minimum Gasteiger partial charge on any atom is -0.480 e. The fourth-order valence-electron chi connectivity index (χ4n) is 1.53. The molecule has 0 fully saturated rings. The highest BCUT2D eigenvalue weighted by molar-refractivity contribution is 5.73. The minimum atomic E-state index is -1.03. The largest absolute Gasteiger partial charge is 0.480 e. The fraction of sp³-hybridized carbons (Fsp3) is 0.417. The Morgan fingerprint density at radius 3 is 2.50 bits per heavy atom. The number of benzene rings is 1. The van der Waals surface area contributed by atoms with Crippen molar-refractivity contribution in [2.75, 3.05) is 20.3 Å². The number of hydrogen-bond donors (Lipinski definition) is 2. The third-order valence-corrected chi connectivity index (χ3v) is 2.36. The zero-order valence-electron chi connectivity index (χ0n) is 9.95. The molecule has 1 atom stereocenters. The molecule has 0 aliphatic rings. The molecule has 0 saturated carbocycles. The summed E-state index contributed by atoms with van der Waals surface area (Å²) in [6, 6.07) is 2.41. The van der Waals surface area contributed by atoms with Crippen LogP contribution in [-0.4, -0.2) is 37.4 Å². The van der Waals surface area contributed by atoms with Crippen LogP contribution in [-0.2, 0) is 16.0 Å². The Bertz CT molecular complexity index is 392. The summed E-state index contributed by atoms with van der Waals surface area (Å²) in [6.45, 7) is 0.329. The smallest absolute Gasteiger partial charge is 0.323 e. The van der Waals surface area contributed by atoms with E-state index >= 15 is 0 Å². The lowest BCUT2D eigenvalue weighted by atomic mass is 10.1. The van der Waals surface area contributed by atoms with Gasteiger partial charge in [0.15, 0.2) is 0 Å². The SMILES string of the molecule is COCC(NCCc1cc(F)cc(F)c1)C(=O)O. The average molecular weight is 259 g/mol. The van der Waals surface area contributed by atoms with E-state index in [-0.39, 0.29) is 6.61 Å². The van der Waals surface area contributed by atoms with Crippen LogP contribution in [0.5, 0.6) is 0 Å². The molecule has 0 aliphatic heterocycles. The molecule has 0 saturated heterocycles. The van der Waals surface area contributed by atoms with E-state index in [9.17, 15) is 13.6 Å². The highest BCUT2D eigenvalue weighted by Crippen LogP contribution is 2.08. The summed E-state index contributed by atoms with van der Waals surface area (Å²) >= 11 is 0. The number of methoxy groups -OCH3 is 1. The fourth-order valence-corrected chi connectivity index (χ4v) is 1.53. The van der Waals surface area contributed by atoms with Crippen molar-refractivity contribution in [1.82, 2.24) is 5.32 Å². The molecule has 100 valence electrons. The molecule has 0 spiro atoms. The first kappa shape index (κ1) is 14.5. The van der Waals surface area contributed by atoms with Crippen molar-refractivity contribution >= 4 is 5.97 Å². The van der Waals surface area contributed by atoms with Crippen LogP contribution in [0.15, 0.2) is 18.2 Å². The van der Waals surface area contributed by atoms with Crippen molar-refractivity contribution < 1.29 is 23.4 Å². The van der Waals surface area contributed by atoms with Gasteiger partial charge in [-0.1, -0.05) is 0 Å². The number of carboxylic acid groups (broad SMARTS) is 1. The number of hydrogen-bond acceptors (Lipinski definition) is 3. The summed E-state index contributed by atoms with van der Waals surface area (Å²) in [5.74, 6) is -2.31. The Balaban J connectivity index is 2.47. The van der Waals surface area contributed by atoms with Gasteiger partial charge < -0.3 is 15.2 Å². The van der Waals surface area contributed by atoms with Crippen molar-refractivity contribution in [3.63, 3.8) is 0 Å². The topological polar surface area (TPSA) is 58.6 Å². The van der Waals surface area contributed by atoms with Crippen LogP contribution in [0.3, 0.4) is 0 Å². The number of ether oxygens (including phenoxy) is 1. The number of carboxylic acids is 1. The molecule has 1 aromatic rings. The number of aliphatic carboxylic acids is 1. The van der Waals surface area contributed by atoms with E-state index in [0.29, 0.717) is 18.5 Å². The molecule has 18 heavy (non-hydrogen) atoms. The third-order valence-electron chi connectivity index (χ3n) is 2.36. The molecular weight excluding hydrogens is 244 g/mol. The van der Waals surface area contributed by atoms with Crippen LogP contribution in [0.25, 0.3) is 0 Å². The van der Waals surface area contributed by atoms with E-state index in [1.807, 2.05) is 0 Å². The zero-order chi connectivity index (χ0) is 13.5. The van der Waals surface area contributed by atoms with Crippen LogP contribution in [0.2, 0.25) is 0 Å². The molecule has 0 bridgehead atoms. The van der Waals surface area contributed by atoms with Gasteiger partial charge in [-0.3, -0.25) is 4.79 Å². The number of carbonyl (C=O) groups is 1. The van der Waals surface area contributed by atoms with E-state index in [2.05, 4.69) is 5.32 Å². The molecule has 1 aromatic carbocycles. The second-order valence-corrected chi connectivity index (χ2v) is 3.83. The van der Waals surface area contributed by atoms with Gasteiger partial charge in [-0.05, 0) is 24.1 Å². The van der Waals surface area contributed by atoms with Gasteiger partial charge in [0, 0.05) is 19.7 Å². The molecule has 0 aromatic heterocycles. The monoisotopic (exact) mass is 259 g/mol. The van der Waals surface area contributed by atoms with Crippen molar-refractivity contribution in [2.45, 2.75) is 12.5 Å². The Hall–Kier alpha value is -1.53. The molecule has 1 rings (SSSR count). The lowest BCUT2D eigenvalue weighted by Crippen LogP contribution is -2.41. The normalized spacial score (nSPS) is 12.4. The first-order valence-corrected chi connectivity index (χ1v) is 5.43. The molecule has 0 aliphatic carbocycles. The summed E-state index contributed by atoms with van der Waals surface area (Å²) < 4.78 is 30.5. The van der Waals surface area contributed by atoms with E-state index < -0.39 is 23.6 Å². The molecule has 2 N–H and O–H groups in total. The molecular formula is C12H15F2NO3. The predicted octanol–water partition coefficient (Wildman–Crippen LogP) is 1.20. The van der Waals surface area contributed by atoms with Crippen LogP contribution >= 0.6 is 0 Å². The van der Waals surface area contributed by atoms with Gasteiger partial charge in [-0.25, -0.2) is 8.78 Å². The summed E-state index contributed by atoms with van der Waals surface area (Å²) in [6.07, 6.45) is 0.335. The highest BCUT2D eigenvalue weighted by Gasteiger charge is 2.15. The Morgan fingerprint density at radius 1 is 1.39 bits per heavy atom. The van der Waals surface area contributed by atoms with Gasteiger partial charge in [-0.15, -0.1) is 0 Å². The maximum absolute atomic E-state index is 12.9. The Kier molecular flexibility index (Phi) is 5.67. The van der Waals surface area contributed by atoms with Crippen LogP contribution in [0.4, 0.5) is 8.78 Å². The molecule has 0 heterocycles.